The van der Waals surface area contributed by atoms with Crippen LogP contribution in [-0.2, 0) is 9.53 Å². The van der Waals surface area contributed by atoms with Crippen molar-refractivity contribution in [2.75, 3.05) is 6.61 Å². The molecule has 20 heavy (non-hydrogen) atoms. The van der Waals surface area contributed by atoms with Gasteiger partial charge in [-0.2, -0.15) is 0 Å². The number of nitrogens with one attached hydrogen (secondary N) is 1. The molecule has 1 rings (SSSR count). The van der Waals surface area contributed by atoms with Gasteiger partial charge in [-0.1, -0.05) is 40.9 Å². The third-order valence-electron chi connectivity index (χ3n) is 2.61. The Balaban J connectivity index is 2.51. The molecular weight excluding hydrogens is 346 g/mol. The minimum absolute atomic E-state index is 0.0701. The van der Waals surface area contributed by atoms with Gasteiger partial charge >= 0.3 is 5.97 Å². The van der Waals surface area contributed by atoms with Crippen molar-refractivity contribution in [1.82, 2.24) is 5.32 Å². The zero-order chi connectivity index (χ0) is 15.1. The van der Waals surface area contributed by atoms with Crippen molar-refractivity contribution < 1.29 is 14.3 Å². The van der Waals surface area contributed by atoms with Crippen LogP contribution in [0.3, 0.4) is 0 Å². The summed E-state index contributed by atoms with van der Waals surface area (Å²) in [5.41, 5.74) is 0.232. The van der Waals surface area contributed by atoms with Gasteiger partial charge in [-0.25, -0.2) is 4.79 Å². The van der Waals surface area contributed by atoms with E-state index in [0.29, 0.717) is 0 Å². The SMILES string of the molecule is CCC[C@H](C)NC(=O)COC(=O)c1cc(Br)ccc1Cl. The lowest BCUT2D eigenvalue weighted by molar-refractivity contribution is -0.124. The Labute approximate surface area is 132 Å². The third-order valence-corrected chi connectivity index (χ3v) is 3.43. The average Bonchev–Trinajstić information content (AvgIpc) is 2.39. The fourth-order valence-corrected chi connectivity index (χ4v) is 2.24. The predicted octanol–water partition coefficient (Wildman–Crippen LogP) is 3.56. The van der Waals surface area contributed by atoms with Gasteiger partial charge in [0.1, 0.15) is 0 Å². The number of halogens is 2. The van der Waals surface area contributed by atoms with Crippen LogP contribution in [0.25, 0.3) is 0 Å². The van der Waals surface area contributed by atoms with E-state index in [0.717, 1.165) is 17.3 Å². The molecule has 0 fully saturated rings. The van der Waals surface area contributed by atoms with Gasteiger partial charge in [0.05, 0.1) is 10.6 Å². The van der Waals surface area contributed by atoms with Crippen molar-refractivity contribution in [2.45, 2.75) is 32.7 Å². The second-order valence-electron chi connectivity index (χ2n) is 4.46. The lowest BCUT2D eigenvalue weighted by Crippen LogP contribution is -2.35. The van der Waals surface area contributed by atoms with Gasteiger partial charge in [-0.15, -0.1) is 0 Å². The first-order valence-corrected chi connectivity index (χ1v) is 7.52. The Kier molecular flexibility index (Phi) is 7.02. The molecule has 0 bridgehead atoms. The molecule has 0 saturated heterocycles. The number of hydrogen-bond acceptors (Lipinski definition) is 3. The molecule has 1 N–H and O–H groups in total. The van der Waals surface area contributed by atoms with E-state index in [4.69, 9.17) is 16.3 Å². The molecule has 0 aliphatic heterocycles. The van der Waals surface area contributed by atoms with Gasteiger partial charge in [0.2, 0.25) is 0 Å². The van der Waals surface area contributed by atoms with Crippen LogP contribution in [0.1, 0.15) is 37.0 Å². The van der Waals surface area contributed by atoms with Crippen LogP contribution in [0.4, 0.5) is 0 Å². The van der Waals surface area contributed by atoms with Crippen molar-refractivity contribution in [2.24, 2.45) is 0 Å². The van der Waals surface area contributed by atoms with Crippen molar-refractivity contribution in [3.8, 4) is 0 Å². The number of hydrogen-bond donors (Lipinski definition) is 1. The van der Waals surface area contributed by atoms with E-state index in [-0.39, 0.29) is 29.1 Å². The highest BCUT2D eigenvalue weighted by Crippen LogP contribution is 2.21. The van der Waals surface area contributed by atoms with Gasteiger partial charge in [0.25, 0.3) is 5.91 Å². The molecule has 0 saturated carbocycles. The minimum Gasteiger partial charge on any atom is -0.452 e. The highest BCUT2D eigenvalue weighted by molar-refractivity contribution is 9.10. The maximum atomic E-state index is 11.8. The number of ether oxygens (including phenoxy) is 1. The highest BCUT2D eigenvalue weighted by Gasteiger charge is 2.15. The number of amides is 1. The van der Waals surface area contributed by atoms with Crippen molar-refractivity contribution in [3.63, 3.8) is 0 Å². The standard InChI is InChI=1S/C14H17BrClNO3/c1-3-4-9(2)17-13(18)8-20-14(19)11-7-10(15)5-6-12(11)16/h5-7,9H,3-4,8H2,1-2H3,(H,17,18)/t9-/m0/s1. The Morgan fingerprint density at radius 1 is 1.45 bits per heavy atom. The van der Waals surface area contributed by atoms with Gasteiger partial charge in [0.15, 0.2) is 6.61 Å². The summed E-state index contributed by atoms with van der Waals surface area (Å²) in [5, 5.41) is 3.04. The molecule has 0 unspecified atom stereocenters. The van der Waals surface area contributed by atoms with Crippen molar-refractivity contribution in [3.05, 3.63) is 33.3 Å². The first kappa shape index (κ1) is 17.0. The first-order chi connectivity index (χ1) is 9.43. The Hall–Kier alpha value is -1.07. The fraction of sp³-hybridized carbons (Fsp3) is 0.429. The maximum Gasteiger partial charge on any atom is 0.340 e. The van der Waals surface area contributed by atoms with E-state index in [9.17, 15) is 9.59 Å². The van der Waals surface area contributed by atoms with Crippen molar-refractivity contribution in [1.29, 1.82) is 0 Å². The summed E-state index contributed by atoms with van der Waals surface area (Å²) < 4.78 is 5.67. The molecule has 110 valence electrons. The summed E-state index contributed by atoms with van der Waals surface area (Å²) in [6.45, 7) is 3.64. The summed E-state index contributed by atoms with van der Waals surface area (Å²) in [6.07, 6.45) is 1.87. The molecule has 4 nitrogen and oxygen atoms in total. The van der Waals surface area contributed by atoms with Gasteiger partial charge in [-0.05, 0) is 31.5 Å². The number of carbonyl (C=O) groups is 2. The molecule has 1 amide bonds. The first-order valence-electron chi connectivity index (χ1n) is 6.35. The molecule has 0 aliphatic rings. The van der Waals surface area contributed by atoms with Crippen LogP contribution < -0.4 is 5.32 Å². The quantitative estimate of drug-likeness (QED) is 0.787. The zero-order valence-corrected chi connectivity index (χ0v) is 13.8. The van der Waals surface area contributed by atoms with E-state index in [1.54, 1.807) is 18.2 Å². The third kappa shape index (κ3) is 5.51. The Morgan fingerprint density at radius 3 is 2.80 bits per heavy atom. The summed E-state index contributed by atoms with van der Waals surface area (Å²) in [6, 6.07) is 4.94. The van der Waals surface area contributed by atoms with E-state index in [1.807, 2.05) is 13.8 Å². The highest BCUT2D eigenvalue weighted by atomic mass is 79.9. The summed E-state index contributed by atoms with van der Waals surface area (Å²) in [5.74, 6) is -0.931. The molecular formula is C14H17BrClNO3. The molecule has 0 aliphatic carbocycles. The lowest BCUT2D eigenvalue weighted by Gasteiger charge is -2.13. The second kappa shape index (κ2) is 8.27. The van der Waals surface area contributed by atoms with Crippen LogP contribution in [0, 0.1) is 0 Å². The minimum atomic E-state index is -0.616. The number of rotatable bonds is 6. The molecule has 1 aromatic carbocycles. The van der Waals surface area contributed by atoms with E-state index in [2.05, 4.69) is 21.2 Å². The van der Waals surface area contributed by atoms with Crippen LogP contribution in [0.15, 0.2) is 22.7 Å². The summed E-state index contributed by atoms with van der Waals surface area (Å²) in [7, 11) is 0. The van der Waals surface area contributed by atoms with E-state index < -0.39 is 5.97 Å². The van der Waals surface area contributed by atoms with Crippen LogP contribution in [0.2, 0.25) is 5.02 Å². The van der Waals surface area contributed by atoms with Gasteiger partial charge in [0, 0.05) is 10.5 Å². The maximum absolute atomic E-state index is 11.8. The monoisotopic (exact) mass is 361 g/mol. The topological polar surface area (TPSA) is 55.4 Å². The zero-order valence-electron chi connectivity index (χ0n) is 11.4. The fourth-order valence-electron chi connectivity index (χ4n) is 1.68. The lowest BCUT2D eigenvalue weighted by atomic mass is 10.2. The molecule has 1 atom stereocenters. The number of carbonyl (C=O) groups excluding carboxylic acids is 2. The molecule has 0 aromatic heterocycles. The smallest absolute Gasteiger partial charge is 0.340 e. The van der Waals surface area contributed by atoms with Crippen LogP contribution in [0.5, 0.6) is 0 Å². The van der Waals surface area contributed by atoms with Crippen LogP contribution >= 0.6 is 27.5 Å². The average molecular weight is 363 g/mol. The Morgan fingerprint density at radius 2 is 2.15 bits per heavy atom. The molecule has 6 heteroatoms. The summed E-state index contributed by atoms with van der Waals surface area (Å²) >= 11 is 9.16. The molecule has 1 aromatic rings. The van der Waals surface area contributed by atoms with E-state index in [1.165, 1.54) is 0 Å². The number of esters is 1. The molecule has 0 heterocycles. The summed E-state index contributed by atoms with van der Waals surface area (Å²) in [4.78, 5) is 23.4. The van der Waals surface area contributed by atoms with Crippen LogP contribution in [-0.4, -0.2) is 24.5 Å². The normalized spacial score (nSPS) is 11.8. The second-order valence-corrected chi connectivity index (χ2v) is 5.78. The largest absolute Gasteiger partial charge is 0.452 e. The van der Waals surface area contributed by atoms with E-state index >= 15 is 0 Å². The predicted molar refractivity (Wildman–Crippen MR) is 81.9 cm³/mol. The van der Waals surface area contributed by atoms with Crippen molar-refractivity contribution >= 4 is 39.4 Å². The van der Waals surface area contributed by atoms with Gasteiger partial charge < -0.3 is 10.1 Å². The van der Waals surface area contributed by atoms with Gasteiger partial charge in [-0.3, -0.25) is 4.79 Å². The number of benzene rings is 1. The molecule has 0 spiro atoms. The molecule has 0 radical (unpaired) electrons. The Bertz CT molecular complexity index is 493.